The van der Waals surface area contributed by atoms with E-state index in [1.807, 2.05) is 61.3 Å². The summed E-state index contributed by atoms with van der Waals surface area (Å²) in [6.07, 6.45) is 5.09. The molecule has 3 rings (SSSR count). The SMILES string of the molecule is CCn1ncc(/C=C/C(=O)Nc2c(C)nn(Cc3cccc(OC)c3)c2C)c1C. The van der Waals surface area contributed by atoms with Crippen molar-refractivity contribution in [2.75, 3.05) is 12.4 Å². The molecule has 0 aliphatic rings. The van der Waals surface area contributed by atoms with E-state index in [1.54, 1.807) is 19.4 Å². The van der Waals surface area contributed by atoms with Gasteiger partial charge in [0.25, 0.3) is 0 Å². The highest BCUT2D eigenvalue weighted by Gasteiger charge is 2.14. The van der Waals surface area contributed by atoms with Crippen LogP contribution in [0, 0.1) is 20.8 Å². The quantitative estimate of drug-likeness (QED) is 0.621. The van der Waals surface area contributed by atoms with Crippen molar-refractivity contribution in [3.8, 4) is 5.75 Å². The van der Waals surface area contributed by atoms with E-state index in [2.05, 4.69) is 15.5 Å². The molecule has 152 valence electrons. The van der Waals surface area contributed by atoms with E-state index in [0.717, 1.165) is 46.2 Å². The van der Waals surface area contributed by atoms with Gasteiger partial charge in [0.2, 0.25) is 5.91 Å². The molecular formula is C22H27N5O2. The van der Waals surface area contributed by atoms with Crippen molar-refractivity contribution in [1.29, 1.82) is 0 Å². The molecule has 1 aromatic carbocycles. The van der Waals surface area contributed by atoms with Gasteiger partial charge in [-0.3, -0.25) is 14.2 Å². The minimum Gasteiger partial charge on any atom is -0.497 e. The van der Waals surface area contributed by atoms with Crippen LogP contribution in [0.3, 0.4) is 0 Å². The highest BCUT2D eigenvalue weighted by atomic mass is 16.5. The summed E-state index contributed by atoms with van der Waals surface area (Å²) in [7, 11) is 1.65. The number of hydrogen-bond donors (Lipinski definition) is 1. The molecule has 0 unspecified atom stereocenters. The first-order chi connectivity index (χ1) is 13.9. The minimum absolute atomic E-state index is 0.194. The van der Waals surface area contributed by atoms with Gasteiger partial charge >= 0.3 is 0 Å². The number of carbonyl (C=O) groups is 1. The van der Waals surface area contributed by atoms with Crippen molar-refractivity contribution in [2.24, 2.45) is 0 Å². The van der Waals surface area contributed by atoms with Gasteiger partial charge in [-0.1, -0.05) is 12.1 Å². The van der Waals surface area contributed by atoms with Crippen LogP contribution in [-0.2, 0) is 17.9 Å². The molecule has 1 amide bonds. The number of aromatic nitrogens is 4. The number of ether oxygens (including phenoxy) is 1. The summed E-state index contributed by atoms with van der Waals surface area (Å²) in [5.74, 6) is 0.616. The third-order valence-electron chi connectivity index (χ3n) is 4.95. The van der Waals surface area contributed by atoms with Crippen molar-refractivity contribution in [3.63, 3.8) is 0 Å². The number of benzene rings is 1. The molecule has 0 spiro atoms. The monoisotopic (exact) mass is 393 g/mol. The number of nitrogens with zero attached hydrogens (tertiary/aromatic N) is 4. The van der Waals surface area contributed by atoms with Crippen LogP contribution in [0.1, 0.15) is 35.1 Å². The maximum Gasteiger partial charge on any atom is 0.248 e. The van der Waals surface area contributed by atoms with Gasteiger partial charge in [-0.2, -0.15) is 10.2 Å². The molecule has 0 fully saturated rings. The van der Waals surface area contributed by atoms with E-state index in [0.29, 0.717) is 6.54 Å². The average Bonchev–Trinajstić information content (AvgIpc) is 3.20. The second-order valence-electron chi connectivity index (χ2n) is 6.88. The van der Waals surface area contributed by atoms with Crippen LogP contribution >= 0.6 is 0 Å². The second kappa shape index (κ2) is 8.77. The Hall–Kier alpha value is -3.35. The fourth-order valence-corrected chi connectivity index (χ4v) is 3.25. The third kappa shape index (κ3) is 4.56. The first-order valence-corrected chi connectivity index (χ1v) is 9.61. The van der Waals surface area contributed by atoms with Crippen LogP contribution in [0.25, 0.3) is 6.08 Å². The molecule has 7 heteroatoms. The van der Waals surface area contributed by atoms with Crippen molar-refractivity contribution >= 4 is 17.7 Å². The minimum atomic E-state index is -0.194. The van der Waals surface area contributed by atoms with Crippen LogP contribution in [0.4, 0.5) is 5.69 Å². The first kappa shape index (κ1) is 20.4. The number of nitrogens with one attached hydrogen (secondary N) is 1. The van der Waals surface area contributed by atoms with Crippen LogP contribution in [0.2, 0.25) is 0 Å². The zero-order chi connectivity index (χ0) is 21.0. The molecule has 1 N–H and O–H groups in total. The summed E-state index contributed by atoms with van der Waals surface area (Å²) in [6, 6.07) is 7.87. The Morgan fingerprint density at radius 1 is 1.21 bits per heavy atom. The average molecular weight is 393 g/mol. The number of rotatable bonds is 7. The van der Waals surface area contributed by atoms with Crippen molar-refractivity contribution in [2.45, 2.75) is 40.8 Å². The lowest BCUT2D eigenvalue weighted by molar-refractivity contribution is -0.111. The Labute approximate surface area is 171 Å². The number of anilines is 1. The Morgan fingerprint density at radius 2 is 2.00 bits per heavy atom. The molecule has 2 heterocycles. The van der Waals surface area contributed by atoms with E-state index in [9.17, 15) is 4.79 Å². The van der Waals surface area contributed by atoms with Crippen molar-refractivity contribution < 1.29 is 9.53 Å². The number of aryl methyl sites for hydroxylation is 2. The van der Waals surface area contributed by atoms with Crippen molar-refractivity contribution in [1.82, 2.24) is 19.6 Å². The molecule has 3 aromatic rings. The van der Waals surface area contributed by atoms with Crippen molar-refractivity contribution in [3.05, 3.63) is 64.7 Å². The molecule has 29 heavy (non-hydrogen) atoms. The lowest BCUT2D eigenvalue weighted by Gasteiger charge is -2.07. The lowest BCUT2D eigenvalue weighted by atomic mass is 10.2. The van der Waals surface area contributed by atoms with Gasteiger partial charge in [0.15, 0.2) is 0 Å². The van der Waals surface area contributed by atoms with E-state index >= 15 is 0 Å². The largest absolute Gasteiger partial charge is 0.497 e. The lowest BCUT2D eigenvalue weighted by Crippen LogP contribution is -2.10. The zero-order valence-corrected chi connectivity index (χ0v) is 17.6. The number of carbonyl (C=O) groups excluding carboxylic acids is 1. The fourth-order valence-electron chi connectivity index (χ4n) is 3.25. The van der Waals surface area contributed by atoms with E-state index in [4.69, 9.17) is 4.74 Å². The van der Waals surface area contributed by atoms with Gasteiger partial charge in [-0.25, -0.2) is 0 Å². The first-order valence-electron chi connectivity index (χ1n) is 9.61. The van der Waals surface area contributed by atoms with Crippen LogP contribution in [-0.4, -0.2) is 32.6 Å². The third-order valence-corrected chi connectivity index (χ3v) is 4.95. The summed E-state index contributed by atoms with van der Waals surface area (Å²) >= 11 is 0. The molecule has 7 nitrogen and oxygen atoms in total. The number of methoxy groups -OCH3 is 1. The zero-order valence-electron chi connectivity index (χ0n) is 17.6. The van der Waals surface area contributed by atoms with Gasteiger partial charge in [0.1, 0.15) is 5.75 Å². The molecular weight excluding hydrogens is 366 g/mol. The second-order valence-corrected chi connectivity index (χ2v) is 6.88. The fraction of sp³-hybridized carbons (Fsp3) is 0.318. The Bertz CT molecular complexity index is 1050. The molecule has 0 bridgehead atoms. The maximum absolute atomic E-state index is 12.5. The van der Waals surface area contributed by atoms with Gasteiger partial charge in [0.05, 0.1) is 36.9 Å². The number of hydrogen-bond acceptors (Lipinski definition) is 4. The molecule has 0 atom stereocenters. The van der Waals surface area contributed by atoms with E-state index in [-0.39, 0.29) is 5.91 Å². The Balaban J connectivity index is 1.73. The number of amides is 1. The van der Waals surface area contributed by atoms with Gasteiger partial charge in [-0.05, 0) is 51.5 Å². The van der Waals surface area contributed by atoms with Gasteiger partial charge < -0.3 is 10.1 Å². The molecule has 0 aliphatic heterocycles. The summed E-state index contributed by atoms with van der Waals surface area (Å²) in [5.41, 5.74) is 5.48. The highest BCUT2D eigenvalue weighted by Crippen LogP contribution is 2.22. The summed E-state index contributed by atoms with van der Waals surface area (Å²) < 4.78 is 9.07. The van der Waals surface area contributed by atoms with Gasteiger partial charge in [0, 0.05) is 23.9 Å². The molecule has 2 aromatic heterocycles. The van der Waals surface area contributed by atoms with E-state index in [1.165, 1.54) is 6.08 Å². The predicted molar refractivity (Wildman–Crippen MR) is 114 cm³/mol. The highest BCUT2D eigenvalue weighted by molar-refractivity contribution is 6.02. The molecule has 0 saturated carbocycles. The summed E-state index contributed by atoms with van der Waals surface area (Å²) in [4.78, 5) is 12.5. The molecule has 0 radical (unpaired) electrons. The van der Waals surface area contributed by atoms with Gasteiger partial charge in [-0.15, -0.1) is 0 Å². The molecule has 0 saturated heterocycles. The maximum atomic E-state index is 12.5. The van der Waals surface area contributed by atoms with Crippen LogP contribution in [0.5, 0.6) is 5.75 Å². The van der Waals surface area contributed by atoms with Crippen LogP contribution < -0.4 is 10.1 Å². The normalized spacial score (nSPS) is 11.2. The van der Waals surface area contributed by atoms with E-state index < -0.39 is 0 Å². The Morgan fingerprint density at radius 3 is 2.69 bits per heavy atom. The summed E-state index contributed by atoms with van der Waals surface area (Å²) in [6.45, 7) is 9.28. The topological polar surface area (TPSA) is 74.0 Å². The summed E-state index contributed by atoms with van der Waals surface area (Å²) in [5, 5.41) is 11.8. The predicted octanol–water partition coefficient (Wildman–Crippen LogP) is 3.73. The standard InChI is InChI=1S/C22H27N5O2/c1-6-26-16(3)19(13-23-26)10-11-21(28)24-22-15(2)25-27(17(22)4)14-18-8-7-9-20(12-18)29-5/h7-13H,6,14H2,1-5H3,(H,24,28)/b11-10+. The smallest absolute Gasteiger partial charge is 0.248 e. The molecule has 0 aliphatic carbocycles. The Kier molecular flexibility index (Phi) is 6.16. The van der Waals surface area contributed by atoms with Crippen LogP contribution in [0.15, 0.2) is 36.5 Å².